The summed E-state index contributed by atoms with van der Waals surface area (Å²) in [6.07, 6.45) is 6.75. The molecule has 2 bridgehead atoms. The van der Waals surface area contributed by atoms with Gasteiger partial charge in [0.05, 0.1) is 19.6 Å². The third-order valence-electron chi connectivity index (χ3n) is 4.77. The maximum atomic E-state index is 5.73. The lowest BCUT2D eigenvalue weighted by molar-refractivity contribution is 0.227. The first-order valence-electron chi connectivity index (χ1n) is 8.00. The Morgan fingerprint density at radius 2 is 1.83 bits per heavy atom. The normalized spacial score (nSPS) is 20.0. The van der Waals surface area contributed by atoms with E-state index in [0.717, 1.165) is 5.76 Å². The van der Waals surface area contributed by atoms with Gasteiger partial charge in [0.15, 0.2) is 0 Å². The monoisotopic (exact) mass is 308 g/mol. The number of rotatable bonds is 3. The Bertz CT molecular complexity index is 850. The van der Waals surface area contributed by atoms with Crippen LogP contribution in [-0.4, -0.2) is 20.8 Å². The average Bonchev–Trinajstić information content (AvgIpc) is 2.74. The number of fused-ring (bicyclic) bond motifs is 2. The minimum absolute atomic E-state index is 0.166. The van der Waals surface area contributed by atoms with Gasteiger partial charge in [-0.05, 0) is 60.1 Å². The first kappa shape index (κ1) is 15.8. The van der Waals surface area contributed by atoms with Gasteiger partial charge in [-0.1, -0.05) is 35.4 Å². The summed E-state index contributed by atoms with van der Waals surface area (Å²) >= 11 is 0. The van der Waals surface area contributed by atoms with Crippen LogP contribution in [-0.2, 0) is 9.47 Å². The summed E-state index contributed by atoms with van der Waals surface area (Å²) in [7, 11) is 3.50. The van der Waals surface area contributed by atoms with E-state index in [-0.39, 0.29) is 5.92 Å². The van der Waals surface area contributed by atoms with Crippen LogP contribution in [0.4, 0.5) is 0 Å². The largest absolute Gasteiger partial charge is 0.500 e. The van der Waals surface area contributed by atoms with Crippen LogP contribution in [0.5, 0.6) is 0 Å². The molecule has 0 saturated heterocycles. The Morgan fingerprint density at radius 1 is 1.04 bits per heavy atom. The number of hydrogen-bond acceptors (Lipinski definition) is 2. The summed E-state index contributed by atoms with van der Waals surface area (Å²) in [5, 5.41) is 2.57. The first-order valence-corrected chi connectivity index (χ1v) is 8.00. The SMILES string of the molecule is COCC1=C(C)C=C(OC)C2C=C1C=c1cc(C)ccc1=C2C. The summed E-state index contributed by atoms with van der Waals surface area (Å²) in [6, 6.07) is 6.66. The fourth-order valence-corrected chi connectivity index (χ4v) is 3.48. The highest BCUT2D eigenvalue weighted by Crippen LogP contribution is 2.33. The van der Waals surface area contributed by atoms with Crippen molar-refractivity contribution in [3.63, 3.8) is 0 Å². The molecule has 0 saturated carbocycles. The van der Waals surface area contributed by atoms with Crippen LogP contribution in [0.15, 0.2) is 52.8 Å². The molecule has 0 fully saturated rings. The van der Waals surface area contributed by atoms with Crippen molar-refractivity contribution >= 4 is 11.6 Å². The van der Waals surface area contributed by atoms with Crippen LogP contribution in [0, 0.1) is 12.8 Å². The number of ether oxygens (including phenoxy) is 2. The van der Waals surface area contributed by atoms with Crippen LogP contribution in [0.2, 0.25) is 0 Å². The molecular weight excluding hydrogens is 284 g/mol. The van der Waals surface area contributed by atoms with E-state index in [1.165, 1.54) is 38.3 Å². The molecule has 2 heteroatoms. The Labute approximate surface area is 138 Å². The quantitative estimate of drug-likeness (QED) is 0.854. The molecule has 0 spiro atoms. The second-order valence-corrected chi connectivity index (χ2v) is 6.36. The highest BCUT2D eigenvalue weighted by Gasteiger charge is 2.23. The van der Waals surface area contributed by atoms with Gasteiger partial charge in [-0.3, -0.25) is 0 Å². The smallest absolute Gasteiger partial charge is 0.107 e. The highest BCUT2D eigenvalue weighted by molar-refractivity contribution is 5.69. The standard InChI is InChI=1S/C21H24O2/c1-13-6-7-18-15(3)19-11-17(10-16(18)8-13)20(12-22-4)14(2)9-21(19)23-5/h6-11,19H,12H2,1-5H3. The van der Waals surface area contributed by atoms with Crippen molar-refractivity contribution < 1.29 is 9.47 Å². The lowest BCUT2D eigenvalue weighted by Gasteiger charge is -2.16. The number of benzene rings is 1. The first-order chi connectivity index (χ1) is 11.0. The lowest BCUT2D eigenvalue weighted by atomic mass is 9.95. The third-order valence-corrected chi connectivity index (χ3v) is 4.77. The van der Waals surface area contributed by atoms with Gasteiger partial charge in [0.1, 0.15) is 5.76 Å². The molecule has 2 aliphatic carbocycles. The maximum Gasteiger partial charge on any atom is 0.107 e. The second kappa shape index (κ2) is 6.21. The number of aryl methyl sites for hydroxylation is 1. The van der Waals surface area contributed by atoms with Crippen molar-refractivity contribution in [3.05, 3.63) is 68.8 Å². The van der Waals surface area contributed by atoms with Crippen LogP contribution >= 0.6 is 0 Å². The summed E-state index contributed by atoms with van der Waals surface area (Å²) < 4.78 is 11.2. The van der Waals surface area contributed by atoms with E-state index >= 15 is 0 Å². The van der Waals surface area contributed by atoms with Crippen LogP contribution < -0.4 is 10.4 Å². The van der Waals surface area contributed by atoms with Crippen molar-refractivity contribution in [2.75, 3.05) is 20.8 Å². The topological polar surface area (TPSA) is 18.5 Å². The fraction of sp³-hybridized carbons (Fsp3) is 0.333. The van der Waals surface area contributed by atoms with Gasteiger partial charge in [0.2, 0.25) is 0 Å². The van der Waals surface area contributed by atoms with Gasteiger partial charge in [0.25, 0.3) is 0 Å². The van der Waals surface area contributed by atoms with E-state index < -0.39 is 0 Å². The zero-order valence-corrected chi connectivity index (χ0v) is 14.6. The molecular formula is C21H24O2. The zero-order valence-electron chi connectivity index (χ0n) is 14.6. The average molecular weight is 308 g/mol. The Hall–Kier alpha value is -2.06. The van der Waals surface area contributed by atoms with Gasteiger partial charge in [0, 0.05) is 7.11 Å². The molecule has 1 atom stereocenters. The molecule has 0 heterocycles. The number of allylic oxidation sites excluding steroid dienone is 3. The maximum absolute atomic E-state index is 5.73. The van der Waals surface area contributed by atoms with E-state index in [9.17, 15) is 0 Å². The van der Waals surface area contributed by atoms with Crippen molar-refractivity contribution in [2.45, 2.75) is 20.8 Å². The van der Waals surface area contributed by atoms with E-state index in [1.54, 1.807) is 14.2 Å². The summed E-state index contributed by atoms with van der Waals surface area (Å²) in [4.78, 5) is 0. The molecule has 0 aliphatic heterocycles. The van der Waals surface area contributed by atoms with Crippen molar-refractivity contribution in [3.8, 4) is 0 Å². The van der Waals surface area contributed by atoms with Crippen molar-refractivity contribution in [1.82, 2.24) is 0 Å². The minimum atomic E-state index is 0.166. The van der Waals surface area contributed by atoms with Crippen LogP contribution in [0.1, 0.15) is 19.4 Å². The summed E-state index contributed by atoms with van der Waals surface area (Å²) in [6.45, 7) is 7.08. The number of hydrogen-bond donors (Lipinski definition) is 0. The van der Waals surface area contributed by atoms with E-state index in [2.05, 4.69) is 57.2 Å². The molecule has 0 aromatic heterocycles. The molecule has 2 aliphatic rings. The third kappa shape index (κ3) is 2.79. The van der Waals surface area contributed by atoms with Gasteiger partial charge in [-0.25, -0.2) is 0 Å². The molecule has 0 amide bonds. The van der Waals surface area contributed by atoms with Gasteiger partial charge < -0.3 is 9.47 Å². The van der Waals surface area contributed by atoms with Crippen molar-refractivity contribution in [1.29, 1.82) is 0 Å². The molecule has 0 N–H and O–H groups in total. The molecule has 3 rings (SSSR count). The fourth-order valence-electron chi connectivity index (χ4n) is 3.48. The molecule has 1 unspecified atom stereocenters. The molecule has 23 heavy (non-hydrogen) atoms. The van der Waals surface area contributed by atoms with E-state index in [1.807, 2.05) is 0 Å². The predicted molar refractivity (Wildman–Crippen MR) is 95.2 cm³/mol. The summed E-state index contributed by atoms with van der Waals surface area (Å²) in [5.74, 6) is 1.16. The van der Waals surface area contributed by atoms with E-state index in [4.69, 9.17) is 9.47 Å². The minimum Gasteiger partial charge on any atom is -0.500 e. The lowest BCUT2D eigenvalue weighted by Crippen LogP contribution is -2.28. The Kier molecular flexibility index (Phi) is 4.27. The van der Waals surface area contributed by atoms with E-state index in [0.29, 0.717) is 6.61 Å². The molecule has 1 aromatic rings. The molecule has 2 nitrogen and oxygen atoms in total. The number of methoxy groups -OCH3 is 2. The Morgan fingerprint density at radius 3 is 2.52 bits per heavy atom. The van der Waals surface area contributed by atoms with Gasteiger partial charge in [-0.15, -0.1) is 0 Å². The molecule has 120 valence electrons. The van der Waals surface area contributed by atoms with Crippen LogP contribution in [0.25, 0.3) is 11.6 Å². The predicted octanol–water partition coefficient (Wildman–Crippen LogP) is 3.01. The van der Waals surface area contributed by atoms with Gasteiger partial charge in [-0.2, -0.15) is 0 Å². The van der Waals surface area contributed by atoms with Gasteiger partial charge >= 0.3 is 0 Å². The zero-order chi connectivity index (χ0) is 16.6. The van der Waals surface area contributed by atoms with Crippen molar-refractivity contribution in [2.24, 2.45) is 5.92 Å². The molecule has 1 aromatic carbocycles. The van der Waals surface area contributed by atoms with Crippen LogP contribution in [0.3, 0.4) is 0 Å². The second-order valence-electron chi connectivity index (χ2n) is 6.36. The highest BCUT2D eigenvalue weighted by atomic mass is 16.5. The Balaban J connectivity index is 2.35. The molecule has 0 radical (unpaired) electrons. The summed E-state index contributed by atoms with van der Waals surface area (Å²) in [5.41, 5.74) is 6.27.